The van der Waals surface area contributed by atoms with Crippen molar-refractivity contribution in [1.29, 1.82) is 0 Å². The van der Waals surface area contributed by atoms with Gasteiger partial charge in [-0.1, -0.05) is 12.1 Å². The highest BCUT2D eigenvalue weighted by molar-refractivity contribution is 5.90. The van der Waals surface area contributed by atoms with Crippen LogP contribution in [0.2, 0.25) is 0 Å². The van der Waals surface area contributed by atoms with Gasteiger partial charge in [-0.3, -0.25) is 4.79 Å². The Morgan fingerprint density at radius 3 is 3.03 bits per heavy atom. The van der Waals surface area contributed by atoms with E-state index in [-0.39, 0.29) is 11.8 Å². The minimum atomic E-state index is -0.0762. The zero-order valence-electron chi connectivity index (χ0n) is 17.1. The van der Waals surface area contributed by atoms with Crippen LogP contribution >= 0.6 is 0 Å². The van der Waals surface area contributed by atoms with Gasteiger partial charge >= 0.3 is 0 Å². The van der Waals surface area contributed by atoms with Gasteiger partial charge < -0.3 is 19.4 Å². The fourth-order valence-electron chi connectivity index (χ4n) is 3.90. The van der Waals surface area contributed by atoms with Crippen molar-refractivity contribution in [3.63, 3.8) is 0 Å². The predicted molar refractivity (Wildman–Crippen MR) is 111 cm³/mol. The number of carbonyl (C=O) groups is 1. The van der Waals surface area contributed by atoms with Gasteiger partial charge in [-0.05, 0) is 44.4 Å². The molecule has 4 rings (SSSR count). The van der Waals surface area contributed by atoms with Crippen LogP contribution < -0.4 is 15.0 Å². The molecule has 1 aliphatic rings. The number of furan rings is 1. The number of benzene rings is 1. The number of piperidine rings is 1. The van der Waals surface area contributed by atoms with Gasteiger partial charge in [-0.15, -0.1) is 0 Å². The van der Waals surface area contributed by atoms with Crippen molar-refractivity contribution in [1.82, 2.24) is 15.3 Å². The lowest BCUT2D eigenvalue weighted by Gasteiger charge is -2.33. The Bertz CT molecular complexity index is 1030. The van der Waals surface area contributed by atoms with E-state index in [2.05, 4.69) is 20.2 Å². The Hall–Kier alpha value is -3.09. The molecule has 0 unspecified atom stereocenters. The topological polar surface area (TPSA) is 80.5 Å². The summed E-state index contributed by atoms with van der Waals surface area (Å²) >= 11 is 0. The second-order valence-corrected chi connectivity index (χ2v) is 7.52. The van der Waals surface area contributed by atoms with E-state index < -0.39 is 0 Å². The molecule has 29 heavy (non-hydrogen) atoms. The molecule has 0 saturated carbocycles. The van der Waals surface area contributed by atoms with Crippen LogP contribution in [0.5, 0.6) is 5.75 Å². The standard InChI is InChI=1S/C22H26N4O3/c1-14-15(2)29-22-19(14)20(24-13-25-22)26-9-5-7-17(12-26)21(27)23-11-16-6-4-8-18(10-16)28-3/h4,6,8,10,13,17H,5,7,9,11-12H2,1-3H3,(H,23,27)/t17-/m0/s1. The van der Waals surface area contributed by atoms with E-state index in [1.54, 1.807) is 7.11 Å². The number of aromatic nitrogens is 2. The number of carbonyl (C=O) groups excluding carboxylic acids is 1. The number of amides is 1. The van der Waals surface area contributed by atoms with Crippen molar-refractivity contribution in [3.8, 4) is 5.75 Å². The Morgan fingerprint density at radius 2 is 2.21 bits per heavy atom. The van der Waals surface area contributed by atoms with Gasteiger partial charge in [0.2, 0.25) is 11.6 Å². The van der Waals surface area contributed by atoms with Gasteiger partial charge in [-0.25, -0.2) is 9.97 Å². The normalized spacial score (nSPS) is 16.8. The van der Waals surface area contributed by atoms with E-state index in [0.717, 1.165) is 53.2 Å². The van der Waals surface area contributed by atoms with Crippen molar-refractivity contribution in [2.45, 2.75) is 33.2 Å². The van der Waals surface area contributed by atoms with Gasteiger partial charge in [0.25, 0.3) is 0 Å². The molecule has 2 aromatic heterocycles. The summed E-state index contributed by atoms with van der Waals surface area (Å²) < 4.78 is 11.0. The van der Waals surface area contributed by atoms with Crippen LogP contribution in [-0.2, 0) is 11.3 Å². The largest absolute Gasteiger partial charge is 0.497 e. The second-order valence-electron chi connectivity index (χ2n) is 7.52. The molecule has 7 heteroatoms. The highest BCUT2D eigenvalue weighted by atomic mass is 16.5. The van der Waals surface area contributed by atoms with Crippen LogP contribution in [-0.4, -0.2) is 36.1 Å². The molecule has 1 fully saturated rings. The molecule has 1 saturated heterocycles. The molecule has 0 bridgehead atoms. The number of aryl methyl sites for hydroxylation is 2. The third-order valence-corrected chi connectivity index (χ3v) is 5.64. The Kier molecular flexibility index (Phi) is 5.38. The molecule has 1 aliphatic heterocycles. The van der Waals surface area contributed by atoms with E-state index >= 15 is 0 Å². The van der Waals surface area contributed by atoms with Gasteiger partial charge in [0.05, 0.1) is 18.4 Å². The molecule has 1 atom stereocenters. The highest BCUT2D eigenvalue weighted by Gasteiger charge is 2.28. The van der Waals surface area contributed by atoms with E-state index in [1.165, 1.54) is 6.33 Å². The molecular weight excluding hydrogens is 368 g/mol. The van der Waals surface area contributed by atoms with E-state index in [4.69, 9.17) is 9.15 Å². The lowest BCUT2D eigenvalue weighted by Crippen LogP contribution is -2.43. The second kappa shape index (κ2) is 8.11. The lowest BCUT2D eigenvalue weighted by molar-refractivity contribution is -0.125. The number of anilines is 1. The van der Waals surface area contributed by atoms with Crippen molar-refractivity contribution in [2.75, 3.05) is 25.1 Å². The summed E-state index contributed by atoms with van der Waals surface area (Å²) in [5.74, 6) is 2.50. The maximum Gasteiger partial charge on any atom is 0.231 e. The average molecular weight is 394 g/mol. The summed E-state index contributed by atoms with van der Waals surface area (Å²) in [4.78, 5) is 23.8. The lowest BCUT2D eigenvalue weighted by atomic mass is 9.96. The van der Waals surface area contributed by atoms with Gasteiger partial charge in [0, 0.05) is 25.2 Å². The zero-order valence-corrected chi connectivity index (χ0v) is 17.1. The minimum Gasteiger partial charge on any atom is -0.497 e. The molecule has 0 aliphatic carbocycles. The van der Waals surface area contributed by atoms with E-state index in [9.17, 15) is 4.79 Å². The molecule has 1 amide bonds. The van der Waals surface area contributed by atoms with Gasteiger partial charge in [-0.2, -0.15) is 0 Å². The van der Waals surface area contributed by atoms with Crippen LogP contribution in [0.15, 0.2) is 35.0 Å². The minimum absolute atomic E-state index is 0.0721. The number of nitrogens with zero attached hydrogens (tertiary/aromatic N) is 3. The number of methoxy groups -OCH3 is 1. The van der Waals surface area contributed by atoms with Crippen LogP contribution in [0.4, 0.5) is 5.82 Å². The maximum absolute atomic E-state index is 12.8. The molecule has 3 aromatic rings. The summed E-state index contributed by atoms with van der Waals surface area (Å²) in [5, 5.41) is 4.02. The monoisotopic (exact) mass is 394 g/mol. The number of hydrogen-bond donors (Lipinski definition) is 1. The summed E-state index contributed by atoms with van der Waals surface area (Å²) in [7, 11) is 1.64. The number of rotatable bonds is 5. The summed E-state index contributed by atoms with van der Waals surface area (Å²) in [6.07, 6.45) is 3.35. The molecule has 3 heterocycles. The first-order valence-corrected chi connectivity index (χ1v) is 9.93. The summed E-state index contributed by atoms with van der Waals surface area (Å²) in [6, 6.07) is 7.75. The summed E-state index contributed by atoms with van der Waals surface area (Å²) in [5.41, 5.74) is 2.68. The smallest absolute Gasteiger partial charge is 0.231 e. The third-order valence-electron chi connectivity index (χ3n) is 5.64. The maximum atomic E-state index is 12.8. The third kappa shape index (κ3) is 3.90. The molecule has 0 radical (unpaired) electrons. The molecule has 152 valence electrons. The number of hydrogen-bond acceptors (Lipinski definition) is 6. The molecule has 0 spiro atoms. The van der Waals surface area contributed by atoms with Gasteiger partial charge in [0.1, 0.15) is 23.7 Å². The van der Waals surface area contributed by atoms with Crippen molar-refractivity contribution in [3.05, 3.63) is 47.5 Å². The fourth-order valence-corrected chi connectivity index (χ4v) is 3.90. The molecule has 7 nitrogen and oxygen atoms in total. The van der Waals surface area contributed by atoms with Crippen molar-refractivity contribution in [2.24, 2.45) is 5.92 Å². The molecule has 1 N–H and O–H groups in total. The number of nitrogens with one attached hydrogen (secondary N) is 1. The number of ether oxygens (including phenoxy) is 1. The summed E-state index contributed by atoms with van der Waals surface area (Å²) in [6.45, 7) is 5.96. The highest BCUT2D eigenvalue weighted by Crippen LogP contribution is 2.32. The molecular formula is C22H26N4O3. The van der Waals surface area contributed by atoms with Crippen molar-refractivity contribution < 1.29 is 13.9 Å². The first kappa shape index (κ1) is 19.2. The zero-order chi connectivity index (χ0) is 20.4. The number of fused-ring (bicyclic) bond motifs is 1. The first-order chi connectivity index (χ1) is 14.1. The van der Waals surface area contributed by atoms with Crippen LogP contribution in [0.25, 0.3) is 11.1 Å². The Balaban J connectivity index is 1.46. The van der Waals surface area contributed by atoms with Crippen molar-refractivity contribution >= 4 is 22.8 Å². The van der Waals surface area contributed by atoms with Crippen LogP contribution in [0, 0.1) is 19.8 Å². The predicted octanol–water partition coefficient (Wildman–Crippen LogP) is 3.38. The van der Waals surface area contributed by atoms with Crippen LogP contribution in [0.3, 0.4) is 0 Å². The van der Waals surface area contributed by atoms with Crippen LogP contribution in [0.1, 0.15) is 29.7 Å². The fraction of sp³-hybridized carbons (Fsp3) is 0.409. The Morgan fingerprint density at radius 1 is 1.34 bits per heavy atom. The first-order valence-electron chi connectivity index (χ1n) is 9.93. The molecule has 1 aromatic carbocycles. The quantitative estimate of drug-likeness (QED) is 0.715. The Labute approximate surface area is 170 Å². The SMILES string of the molecule is COc1cccc(CNC(=O)[C@H]2CCCN(c3ncnc4oc(C)c(C)c34)C2)c1. The average Bonchev–Trinajstić information content (AvgIpc) is 3.06. The van der Waals surface area contributed by atoms with E-state index in [1.807, 2.05) is 38.1 Å². The van der Waals surface area contributed by atoms with Gasteiger partial charge in [0.15, 0.2) is 0 Å². The van der Waals surface area contributed by atoms with E-state index in [0.29, 0.717) is 18.8 Å².